The van der Waals surface area contributed by atoms with E-state index in [9.17, 15) is 19.2 Å². The zero-order valence-corrected chi connectivity index (χ0v) is 26.0. The summed E-state index contributed by atoms with van der Waals surface area (Å²) < 4.78 is 38.0. The summed E-state index contributed by atoms with van der Waals surface area (Å²) in [5.41, 5.74) is -0.885. The molecule has 1 atom stereocenters. The molecule has 240 valence electrons. The summed E-state index contributed by atoms with van der Waals surface area (Å²) in [6.45, 7) is 8.04. The van der Waals surface area contributed by atoms with Crippen molar-refractivity contribution in [2.24, 2.45) is 5.92 Å². The first kappa shape index (κ1) is 33.2. The summed E-state index contributed by atoms with van der Waals surface area (Å²) in [6.07, 6.45) is 11.4. The van der Waals surface area contributed by atoms with E-state index in [1.54, 1.807) is 36.3 Å². The van der Waals surface area contributed by atoms with Crippen molar-refractivity contribution in [2.75, 3.05) is 37.7 Å². The van der Waals surface area contributed by atoms with E-state index < -0.39 is 41.4 Å². The molecule has 12 heteroatoms. The van der Waals surface area contributed by atoms with E-state index in [0.29, 0.717) is 50.2 Å². The van der Waals surface area contributed by atoms with Crippen molar-refractivity contribution in [3.05, 3.63) is 39.9 Å². The second-order valence-corrected chi connectivity index (χ2v) is 12.1. The molecule has 2 aromatic rings. The van der Waals surface area contributed by atoms with Gasteiger partial charge in [-0.05, 0) is 45.7 Å². The Morgan fingerprint density at radius 3 is 2.27 bits per heavy atom. The smallest absolute Gasteiger partial charge is 0.444 e. The lowest BCUT2D eigenvalue weighted by Crippen LogP contribution is -2.50. The van der Waals surface area contributed by atoms with Gasteiger partial charge in [-0.15, -0.1) is 24.7 Å². The Balaban J connectivity index is 1.48. The summed E-state index contributed by atoms with van der Waals surface area (Å²) >= 11 is 0. The predicted molar refractivity (Wildman–Crippen MR) is 164 cm³/mol. The summed E-state index contributed by atoms with van der Waals surface area (Å²) in [5.74, 6) is 3.01. The Kier molecular flexibility index (Phi) is 10.3. The molecule has 4 rings (SSSR count). The van der Waals surface area contributed by atoms with Gasteiger partial charge < -0.3 is 33.3 Å². The number of anilines is 1. The Labute approximate surface area is 261 Å². The summed E-state index contributed by atoms with van der Waals surface area (Å²) in [5, 5.41) is 0.0195. The Morgan fingerprint density at radius 1 is 1.04 bits per heavy atom. The number of aromatic nitrogens is 1. The van der Waals surface area contributed by atoms with Crippen molar-refractivity contribution < 1.29 is 37.7 Å². The first-order chi connectivity index (χ1) is 21.3. The SMILES string of the molecule is C#CCC(CC#C)COC(=O)OC(C)OC(=O)c1cn(C2CC2)c2cc(N3CCN(C(=O)OC(C)(C)C)CC3)c(F)cc2c1=O. The van der Waals surface area contributed by atoms with Gasteiger partial charge in [0.1, 0.15) is 17.0 Å². The number of esters is 1. The van der Waals surface area contributed by atoms with Gasteiger partial charge in [-0.1, -0.05) is 0 Å². The monoisotopic (exact) mass is 623 g/mol. The molecule has 2 aliphatic rings. The molecule has 1 saturated carbocycles. The first-order valence-electron chi connectivity index (χ1n) is 14.8. The lowest BCUT2D eigenvalue weighted by Gasteiger charge is -2.37. The number of piperazine rings is 1. The minimum Gasteiger partial charge on any atom is -0.444 e. The number of pyridine rings is 1. The number of rotatable bonds is 9. The number of carbonyl (C=O) groups excluding carboxylic acids is 3. The van der Waals surface area contributed by atoms with Crippen LogP contribution in [0.2, 0.25) is 0 Å². The normalized spacial score (nSPS) is 15.6. The van der Waals surface area contributed by atoms with E-state index in [1.165, 1.54) is 13.1 Å². The standard InChI is InChI=1S/C33H38FN3O8/c1-7-9-22(10-8-2)20-42-32(41)44-21(3)43-30(39)25-19-37(23-11-12-23)27-18-28(26(34)17-24(27)29(25)38)35-13-15-36(16-14-35)31(40)45-33(4,5)6/h1-2,17-19,21-23H,9-16,20H2,3-6H3. The van der Waals surface area contributed by atoms with E-state index in [1.807, 2.05) is 4.90 Å². The van der Waals surface area contributed by atoms with Crippen molar-refractivity contribution in [2.45, 2.75) is 71.3 Å². The average Bonchev–Trinajstić information content (AvgIpc) is 3.81. The van der Waals surface area contributed by atoms with Gasteiger partial charge in [0, 0.05) is 69.5 Å². The molecular formula is C33H38FN3O8. The zero-order chi connectivity index (χ0) is 32.9. The molecular weight excluding hydrogens is 585 g/mol. The molecule has 1 aromatic carbocycles. The predicted octanol–water partition coefficient (Wildman–Crippen LogP) is 4.85. The summed E-state index contributed by atoms with van der Waals surface area (Å²) in [7, 11) is 0. The molecule has 2 heterocycles. The number of hydrogen-bond donors (Lipinski definition) is 0. The highest BCUT2D eigenvalue weighted by Crippen LogP contribution is 2.38. The van der Waals surface area contributed by atoms with Gasteiger partial charge in [0.25, 0.3) is 0 Å². The zero-order valence-electron chi connectivity index (χ0n) is 26.0. The molecule has 1 amide bonds. The number of ether oxygens (including phenoxy) is 4. The van der Waals surface area contributed by atoms with Gasteiger partial charge in [0.2, 0.25) is 11.7 Å². The minimum absolute atomic E-state index is 0.0181. The molecule has 1 aliphatic carbocycles. The molecule has 0 N–H and O–H groups in total. The quantitative estimate of drug-likeness (QED) is 0.167. The third-order valence-corrected chi connectivity index (χ3v) is 7.32. The number of fused-ring (bicyclic) bond motifs is 1. The van der Waals surface area contributed by atoms with Crippen LogP contribution in [0.3, 0.4) is 0 Å². The second kappa shape index (κ2) is 13.9. The third-order valence-electron chi connectivity index (χ3n) is 7.32. The van der Waals surface area contributed by atoms with E-state index in [-0.39, 0.29) is 29.5 Å². The number of halogens is 1. The Bertz CT molecular complexity index is 1570. The van der Waals surface area contributed by atoms with Crippen LogP contribution in [-0.4, -0.2) is 72.4 Å². The molecule has 1 saturated heterocycles. The van der Waals surface area contributed by atoms with E-state index in [2.05, 4.69) is 11.8 Å². The van der Waals surface area contributed by atoms with Crippen LogP contribution in [0.1, 0.15) is 69.8 Å². The molecule has 1 aromatic heterocycles. The Morgan fingerprint density at radius 2 is 1.69 bits per heavy atom. The summed E-state index contributed by atoms with van der Waals surface area (Å²) in [6, 6.07) is 2.76. The van der Waals surface area contributed by atoms with Crippen molar-refractivity contribution in [3.63, 3.8) is 0 Å². The number of carbonyl (C=O) groups is 3. The highest BCUT2D eigenvalue weighted by molar-refractivity contribution is 5.95. The van der Waals surface area contributed by atoms with Gasteiger partial charge in [0.15, 0.2) is 0 Å². The molecule has 0 bridgehead atoms. The molecule has 0 spiro atoms. The fraction of sp³-hybridized carbons (Fsp3) is 0.515. The van der Waals surface area contributed by atoms with Gasteiger partial charge in [0.05, 0.1) is 17.8 Å². The number of benzene rings is 1. The third kappa shape index (κ3) is 8.48. The Hall–Kier alpha value is -4.71. The second-order valence-electron chi connectivity index (χ2n) is 12.1. The lowest BCUT2D eigenvalue weighted by molar-refractivity contribution is -0.0838. The molecule has 2 fully saturated rings. The van der Waals surface area contributed by atoms with Crippen LogP contribution in [0.4, 0.5) is 19.7 Å². The van der Waals surface area contributed by atoms with Crippen molar-refractivity contribution in [1.29, 1.82) is 0 Å². The molecule has 0 radical (unpaired) electrons. The highest BCUT2D eigenvalue weighted by atomic mass is 19.1. The molecule has 11 nitrogen and oxygen atoms in total. The van der Waals surface area contributed by atoms with Crippen molar-refractivity contribution >= 4 is 34.8 Å². The maximum atomic E-state index is 15.5. The van der Waals surface area contributed by atoms with Gasteiger partial charge in [-0.25, -0.2) is 18.8 Å². The van der Waals surface area contributed by atoms with Crippen LogP contribution in [0.15, 0.2) is 23.1 Å². The van der Waals surface area contributed by atoms with Crippen LogP contribution < -0.4 is 10.3 Å². The highest BCUT2D eigenvalue weighted by Gasteiger charge is 2.31. The van der Waals surface area contributed by atoms with Crippen LogP contribution >= 0.6 is 0 Å². The number of amides is 1. The fourth-order valence-electron chi connectivity index (χ4n) is 4.97. The van der Waals surface area contributed by atoms with Crippen molar-refractivity contribution in [3.8, 4) is 24.7 Å². The largest absolute Gasteiger partial charge is 0.511 e. The number of terminal acetylenes is 2. The maximum Gasteiger partial charge on any atom is 0.511 e. The molecule has 45 heavy (non-hydrogen) atoms. The van der Waals surface area contributed by atoms with Crippen LogP contribution in [0.5, 0.6) is 0 Å². The molecule has 1 unspecified atom stereocenters. The number of hydrogen-bond acceptors (Lipinski definition) is 9. The van der Waals surface area contributed by atoms with Gasteiger partial charge in [-0.3, -0.25) is 4.79 Å². The maximum absolute atomic E-state index is 15.5. The van der Waals surface area contributed by atoms with E-state index in [0.717, 1.165) is 18.9 Å². The van der Waals surface area contributed by atoms with Crippen LogP contribution in [0, 0.1) is 36.4 Å². The van der Waals surface area contributed by atoms with Gasteiger partial charge in [-0.2, -0.15) is 0 Å². The average molecular weight is 624 g/mol. The van der Waals surface area contributed by atoms with Crippen LogP contribution in [0.25, 0.3) is 10.9 Å². The lowest BCUT2D eigenvalue weighted by atomic mass is 10.0. The number of nitrogens with zero attached hydrogens (tertiary/aromatic N) is 3. The van der Waals surface area contributed by atoms with E-state index >= 15 is 4.39 Å². The van der Waals surface area contributed by atoms with E-state index in [4.69, 9.17) is 31.8 Å². The topological polar surface area (TPSA) is 117 Å². The first-order valence-corrected chi connectivity index (χ1v) is 14.8. The molecule has 1 aliphatic heterocycles. The van der Waals surface area contributed by atoms with Crippen molar-refractivity contribution in [1.82, 2.24) is 9.47 Å². The van der Waals surface area contributed by atoms with Crippen LogP contribution in [-0.2, 0) is 18.9 Å². The fourth-order valence-corrected chi connectivity index (χ4v) is 4.97. The minimum atomic E-state index is -1.38. The summed E-state index contributed by atoms with van der Waals surface area (Å²) in [4.78, 5) is 54.4. The van der Waals surface area contributed by atoms with Gasteiger partial charge >= 0.3 is 18.2 Å².